The molecule has 24 heavy (non-hydrogen) atoms. The monoisotopic (exact) mass is 332 g/mol. The number of amides is 2. The summed E-state index contributed by atoms with van der Waals surface area (Å²) in [4.78, 5) is 28.7. The third kappa shape index (κ3) is 2.81. The van der Waals surface area contributed by atoms with Gasteiger partial charge in [0.15, 0.2) is 5.78 Å². The minimum absolute atomic E-state index is 0.0217. The summed E-state index contributed by atoms with van der Waals surface area (Å²) in [6.07, 6.45) is 0.979. The summed E-state index contributed by atoms with van der Waals surface area (Å²) in [5, 5.41) is 0. The highest BCUT2D eigenvalue weighted by molar-refractivity contribution is 6.00. The molecule has 1 aromatic carbocycles. The van der Waals surface area contributed by atoms with Gasteiger partial charge in [-0.25, -0.2) is 4.79 Å². The number of likely N-dealkylation sites (tertiary alicyclic amines) is 1. The molecule has 2 amide bonds. The number of Topliss-reactive ketones (excluding diaryl/α,β-unsaturated/α-hetero) is 1. The highest BCUT2D eigenvalue weighted by atomic mass is 16.5. The molecule has 1 aromatic rings. The van der Waals surface area contributed by atoms with Gasteiger partial charge in [0.1, 0.15) is 17.1 Å². The topological polar surface area (TPSA) is 59.1 Å². The number of carbonyl (C=O) groups excluding carboxylic acids is 2. The van der Waals surface area contributed by atoms with Crippen molar-refractivity contribution in [3.8, 4) is 11.5 Å². The Morgan fingerprint density at radius 3 is 2.79 bits per heavy atom. The molecule has 1 spiro atoms. The molecule has 1 fully saturated rings. The first kappa shape index (κ1) is 16.6. The van der Waals surface area contributed by atoms with Crippen LogP contribution in [0.25, 0.3) is 0 Å². The second kappa shape index (κ2) is 6.34. The Bertz CT molecular complexity index is 656. The van der Waals surface area contributed by atoms with Crippen LogP contribution in [0.5, 0.6) is 11.5 Å². The van der Waals surface area contributed by atoms with Gasteiger partial charge in [-0.05, 0) is 32.0 Å². The summed E-state index contributed by atoms with van der Waals surface area (Å²) >= 11 is 0. The van der Waals surface area contributed by atoms with Crippen molar-refractivity contribution in [3.63, 3.8) is 0 Å². The van der Waals surface area contributed by atoms with E-state index in [-0.39, 0.29) is 11.8 Å². The zero-order chi connectivity index (χ0) is 17.3. The number of nitrogens with zero attached hydrogens (tertiary/aromatic N) is 2. The van der Waals surface area contributed by atoms with Gasteiger partial charge in [-0.1, -0.05) is 0 Å². The van der Waals surface area contributed by atoms with Gasteiger partial charge in [0.05, 0.1) is 25.6 Å². The molecule has 2 aliphatic rings. The molecule has 1 saturated heterocycles. The van der Waals surface area contributed by atoms with Crippen molar-refractivity contribution in [2.45, 2.75) is 32.3 Å². The molecule has 0 radical (unpaired) electrons. The summed E-state index contributed by atoms with van der Waals surface area (Å²) in [7, 11) is 1.57. The number of benzene rings is 1. The predicted octanol–water partition coefficient (Wildman–Crippen LogP) is 2.57. The number of rotatable bonds is 3. The first-order valence-corrected chi connectivity index (χ1v) is 8.46. The van der Waals surface area contributed by atoms with E-state index in [1.807, 2.05) is 13.8 Å². The van der Waals surface area contributed by atoms with Crippen molar-refractivity contribution in [1.29, 1.82) is 0 Å². The van der Waals surface area contributed by atoms with Crippen LogP contribution in [0.4, 0.5) is 4.79 Å². The van der Waals surface area contributed by atoms with E-state index in [2.05, 4.69) is 0 Å². The highest BCUT2D eigenvalue weighted by Gasteiger charge is 2.47. The molecule has 3 rings (SSSR count). The van der Waals surface area contributed by atoms with Gasteiger partial charge in [-0.2, -0.15) is 0 Å². The van der Waals surface area contributed by atoms with Gasteiger partial charge in [0.2, 0.25) is 0 Å². The third-order valence-electron chi connectivity index (χ3n) is 4.92. The standard InChI is InChI=1S/C18H24N2O4/c1-4-19(5-2)17(22)20-9-8-18(12-20)11-15(21)14-10-13(23-3)6-7-16(14)24-18/h6-7,10H,4-5,8-9,11-12H2,1-3H3. The average Bonchev–Trinajstić information content (AvgIpc) is 2.98. The molecular formula is C18H24N2O4. The summed E-state index contributed by atoms with van der Waals surface area (Å²) in [5.74, 6) is 1.28. The van der Waals surface area contributed by atoms with Crippen molar-refractivity contribution in [2.24, 2.45) is 0 Å². The fourth-order valence-electron chi connectivity index (χ4n) is 3.53. The Balaban J connectivity index is 1.79. The highest BCUT2D eigenvalue weighted by Crippen LogP contribution is 2.40. The maximum atomic E-state index is 12.6. The van der Waals surface area contributed by atoms with E-state index in [1.165, 1.54) is 0 Å². The first-order valence-electron chi connectivity index (χ1n) is 8.46. The smallest absolute Gasteiger partial charge is 0.320 e. The van der Waals surface area contributed by atoms with Crippen molar-refractivity contribution >= 4 is 11.8 Å². The second-order valence-electron chi connectivity index (χ2n) is 6.37. The van der Waals surface area contributed by atoms with Crippen molar-refractivity contribution < 1.29 is 19.1 Å². The number of hydrogen-bond donors (Lipinski definition) is 0. The lowest BCUT2D eigenvalue weighted by Gasteiger charge is -2.35. The normalized spacial score (nSPS) is 22.3. The van der Waals surface area contributed by atoms with Crippen LogP contribution in [0.3, 0.4) is 0 Å². The van der Waals surface area contributed by atoms with E-state index in [0.29, 0.717) is 56.1 Å². The summed E-state index contributed by atoms with van der Waals surface area (Å²) in [5.41, 5.74) is -0.0323. The maximum absolute atomic E-state index is 12.6. The second-order valence-corrected chi connectivity index (χ2v) is 6.37. The van der Waals surface area contributed by atoms with E-state index >= 15 is 0 Å². The molecule has 6 heteroatoms. The Hall–Kier alpha value is -2.24. The zero-order valence-electron chi connectivity index (χ0n) is 14.5. The van der Waals surface area contributed by atoms with Crippen molar-refractivity contribution in [2.75, 3.05) is 33.3 Å². The minimum Gasteiger partial charge on any atom is -0.497 e. The lowest BCUT2D eigenvalue weighted by molar-refractivity contribution is 0.0464. The molecule has 0 aromatic heterocycles. The van der Waals surface area contributed by atoms with E-state index in [9.17, 15) is 9.59 Å². The van der Waals surface area contributed by atoms with Gasteiger partial charge in [-0.3, -0.25) is 4.79 Å². The third-order valence-corrected chi connectivity index (χ3v) is 4.92. The molecule has 0 aliphatic carbocycles. The SMILES string of the molecule is CCN(CC)C(=O)N1CCC2(CC(=O)c3cc(OC)ccc3O2)C1. The van der Waals surface area contributed by atoms with Gasteiger partial charge in [0, 0.05) is 26.1 Å². The lowest BCUT2D eigenvalue weighted by Crippen LogP contribution is -2.48. The zero-order valence-corrected chi connectivity index (χ0v) is 14.5. The summed E-state index contributed by atoms with van der Waals surface area (Å²) < 4.78 is 11.4. The summed E-state index contributed by atoms with van der Waals surface area (Å²) in [6, 6.07) is 5.31. The number of ether oxygens (including phenoxy) is 2. The number of carbonyl (C=O) groups is 2. The van der Waals surface area contributed by atoms with Crippen LogP contribution in [0.1, 0.15) is 37.0 Å². The molecule has 0 N–H and O–H groups in total. The Labute approximate surface area is 142 Å². The van der Waals surface area contributed by atoms with Crippen LogP contribution in [0.15, 0.2) is 18.2 Å². The van der Waals surface area contributed by atoms with Gasteiger partial charge in [-0.15, -0.1) is 0 Å². The first-order chi connectivity index (χ1) is 11.5. The Kier molecular flexibility index (Phi) is 4.39. The van der Waals surface area contributed by atoms with Crippen molar-refractivity contribution in [3.05, 3.63) is 23.8 Å². The van der Waals surface area contributed by atoms with Crippen LogP contribution in [0, 0.1) is 0 Å². The molecule has 0 bridgehead atoms. The lowest BCUT2D eigenvalue weighted by atomic mass is 9.89. The molecule has 2 heterocycles. The largest absolute Gasteiger partial charge is 0.497 e. The summed E-state index contributed by atoms with van der Waals surface area (Å²) in [6.45, 7) is 6.38. The maximum Gasteiger partial charge on any atom is 0.320 e. The minimum atomic E-state index is -0.596. The van der Waals surface area contributed by atoms with Crippen LogP contribution in [-0.2, 0) is 0 Å². The van der Waals surface area contributed by atoms with Crippen LogP contribution in [-0.4, -0.2) is 60.5 Å². The van der Waals surface area contributed by atoms with Crippen LogP contribution < -0.4 is 9.47 Å². The molecular weight excluding hydrogens is 308 g/mol. The average molecular weight is 332 g/mol. The van der Waals surface area contributed by atoms with Crippen LogP contribution >= 0.6 is 0 Å². The van der Waals surface area contributed by atoms with E-state index in [4.69, 9.17) is 9.47 Å². The molecule has 2 aliphatic heterocycles. The number of ketones is 1. The number of fused-ring (bicyclic) bond motifs is 1. The van der Waals surface area contributed by atoms with E-state index < -0.39 is 5.60 Å². The number of hydrogen-bond acceptors (Lipinski definition) is 4. The molecule has 130 valence electrons. The number of methoxy groups -OCH3 is 1. The fraction of sp³-hybridized carbons (Fsp3) is 0.556. The van der Waals surface area contributed by atoms with Gasteiger partial charge < -0.3 is 19.3 Å². The van der Waals surface area contributed by atoms with Crippen molar-refractivity contribution in [1.82, 2.24) is 9.80 Å². The number of urea groups is 1. The Morgan fingerprint density at radius 1 is 1.38 bits per heavy atom. The quantitative estimate of drug-likeness (QED) is 0.853. The van der Waals surface area contributed by atoms with Gasteiger partial charge in [0.25, 0.3) is 0 Å². The van der Waals surface area contributed by atoms with E-state index in [0.717, 1.165) is 0 Å². The van der Waals surface area contributed by atoms with Crippen LogP contribution in [0.2, 0.25) is 0 Å². The molecule has 1 unspecified atom stereocenters. The molecule has 6 nitrogen and oxygen atoms in total. The molecule has 1 atom stereocenters. The Morgan fingerprint density at radius 2 is 2.12 bits per heavy atom. The molecule has 0 saturated carbocycles. The van der Waals surface area contributed by atoms with Gasteiger partial charge >= 0.3 is 6.03 Å². The fourth-order valence-corrected chi connectivity index (χ4v) is 3.53. The predicted molar refractivity (Wildman–Crippen MR) is 89.8 cm³/mol. The van der Waals surface area contributed by atoms with E-state index in [1.54, 1.807) is 35.1 Å².